The SMILES string of the molecule is S=C=NC1C=CC=CO1. The van der Waals surface area contributed by atoms with Crippen LogP contribution in [-0.2, 0) is 4.74 Å². The van der Waals surface area contributed by atoms with Crippen molar-refractivity contribution in [2.24, 2.45) is 4.99 Å². The highest BCUT2D eigenvalue weighted by atomic mass is 32.1. The van der Waals surface area contributed by atoms with Crippen LogP contribution in [0.4, 0.5) is 0 Å². The third kappa shape index (κ3) is 1.80. The van der Waals surface area contributed by atoms with E-state index in [1.165, 1.54) is 0 Å². The lowest BCUT2D eigenvalue weighted by Crippen LogP contribution is -2.02. The molecule has 0 saturated carbocycles. The van der Waals surface area contributed by atoms with Gasteiger partial charge in [-0.25, -0.2) is 0 Å². The highest BCUT2D eigenvalue weighted by Crippen LogP contribution is 2.01. The number of isothiocyanates is 1. The first-order chi connectivity index (χ1) is 4.43. The third-order valence-electron chi connectivity index (χ3n) is 0.863. The van der Waals surface area contributed by atoms with E-state index in [1.807, 2.05) is 6.08 Å². The average Bonchev–Trinajstić information content (AvgIpc) is 1.91. The fourth-order valence-corrected chi connectivity index (χ4v) is 0.605. The maximum atomic E-state index is 4.96. The summed E-state index contributed by atoms with van der Waals surface area (Å²) in [5.74, 6) is 0. The van der Waals surface area contributed by atoms with Crippen molar-refractivity contribution in [2.75, 3.05) is 0 Å². The van der Waals surface area contributed by atoms with Crippen molar-refractivity contribution in [3.8, 4) is 0 Å². The van der Waals surface area contributed by atoms with Crippen LogP contribution >= 0.6 is 12.2 Å². The molecule has 0 radical (unpaired) electrons. The highest BCUT2D eigenvalue weighted by molar-refractivity contribution is 7.78. The molecule has 2 nitrogen and oxygen atoms in total. The van der Waals surface area contributed by atoms with E-state index in [0.717, 1.165) is 0 Å². The van der Waals surface area contributed by atoms with Gasteiger partial charge in [0, 0.05) is 0 Å². The molecule has 1 aliphatic rings. The van der Waals surface area contributed by atoms with Gasteiger partial charge < -0.3 is 4.74 Å². The van der Waals surface area contributed by atoms with Gasteiger partial charge in [0.15, 0.2) is 0 Å². The second-order valence-corrected chi connectivity index (χ2v) is 1.64. The van der Waals surface area contributed by atoms with Crippen LogP contribution in [0, 0.1) is 0 Å². The minimum absolute atomic E-state index is 0.257. The Morgan fingerprint density at radius 2 is 2.44 bits per heavy atom. The number of aliphatic imine (C=N–C) groups is 1. The Morgan fingerprint density at radius 3 is 3.00 bits per heavy atom. The van der Waals surface area contributed by atoms with Crippen LogP contribution in [-0.4, -0.2) is 11.4 Å². The summed E-state index contributed by atoms with van der Waals surface area (Å²) >= 11 is 4.38. The standard InChI is InChI=1S/C6H5NOS/c9-5-7-6-3-1-2-4-8-6/h1-4,6H. The minimum atomic E-state index is -0.257. The predicted molar refractivity (Wildman–Crippen MR) is 38.2 cm³/mol. The summed E-state index contributed by atoms with van der Waals surface area (Å²) in [5.41, 5.74) is 0. The number of nitrogens with zero attached hydrogens (tertiary/aromatic N) is 1. The second kappa shape index (κ2) is 3.17. The molecule has 1 aliphatic heterocycles. The van der Waals surface area contributed by atoms with Crippen molar-refractivity contribution in [3.05, 3.63) is 24.5 Å². The van der Waals surface area contributed by atoms with Gasteiger partial charge in [-0.3, -0.25) is 0 Å². The van der Waals surface area contributed by atoms with Crippen LogP contribution in [0.1, 0.15) is 0 Å². The van der Waals surface area contributed by atoms with Crippen molar-refractivity contribution in [1.29, 1.82) is 0 Å². The Hall–Kier alpha value is -0.920. The van der Waals surface area contributed by atoms with Gasteiger partial charge in [0.2, 0.25) is 6.23 Å². The lowest BCUT2D eigenvalue weighted by molar-refractivity contribution is 0.193. The molecule has 0 aromatic heterocycles. The average molecular weight is 139 g/mol. The zero-order valence-corrected chi connectivity index (χ0v) is 5.47. The number of hydrogen-bond acceptors (Lipinski definition) is 3. The van der Waals surface area contributed by atoms with Crippen molar-refractivity contribution >= 4 is 17.4 Å². The molecule has 1 heterocycles. The molecule has 0 amide bonds. The van der Waals surface area contributed by atoms with Crippen LogP contribution in [0.3, 0.4) is 0 Å². The first kappa shape index (κ1) is 6.20. The quantitative estimate of drug-likeness (QED) is 0.405. The molecule has 1 rings (SSSR count). The molecule has 1 atom stereocenters. The van der Waals surface area contributed by atoms with E-state index >= 15 is 0 Å². The minimum Gasteiger partial charge on any atom is -0.472 e. The molecule has 0 saturated heterocycles. The number of allylic oxidation sites excluding steroid dienone is 2. The molecule has 0 aliphatic carbocycles. The largest absolute Gasteiger partial charge is 0.472 e. The van der Waals surface area contributed by atoms with E-state index in [2.05, 4.69) is 22.4 Å². The molecule has 1 unspecified atom stereocenters. The fourth-order valence-electron chi connectivity index (χ4n) is 0.501. The van der Waals surface area contributed by atoms with Crippen LogP contribution in [0.15, 0.2) is 29.5 Å². The highest BCUT2D eigenvalue weighted by Gasteiger charge is 1.98. The normalized spacial score (nSPS) is 22.4. The lowest BCUT2D eigenvalue weighted by Gasteiger charge is -2.06. The molecule has 0 aromatic rings. The van der Waals surface area contributed by atoms with Crippen LogP contribution in [0.5, 0.6) is 0 Å². The maximum Gasteiger partial charge on any atom is 0.217 e. The molecule has 0 aromatic carbocycles. The number of hydrogen-bond donors (Lipinski definition) is 0. The molecule has 3 heteroatoms. The Kier molecular flexibility index (Phi) is 2.19. The molecule has 0 spiro atoms. The lowest BCUT2D eigenvalue weighted by atomic mass is 10.4. The van der Waals surface area contributed by atoms with Crippen LogP contribution in [0.25, 0.3) is 0 Å². The monoisotopic (exact) mass is 139 g/mol. The molecule has 46 valence electrons. The smallest absolute Gasteiger partial charge is 0.217 e. The maximum absolute atomic E-state index is 4.96. The van der Waals surface area contributed by atoms with Gasteiger partial charge in [-0.1, -0.05) is 6.08 Å². The Labute approximate surface area is 58.5 Å². The summed E-state index contributed by atoms with van der Waals surface area (Å²) in [6.45, 7) is 0. The summed E-state index contributed by atoms with van der Waals surface area (Å²) in [5, 5.41) is 2.24. The number of thiocarbonyl (C=S) groups is 1. The van der Waals surface area contributed by atoms with Gasteiger partial charge in [-0.2, -0.15) is 4.99 Å². The molecular weight excluding hydrogens is 134 g/mol. The van der Waals surface area contributed by atoms with Gasteiger partial charge in [0.05, 0.1) is 11.4 Å². The summed E-state index contributed by atoms with van der Waals surface area (Å²) in [6.07, 6.45) is 6.74. The zero-order valence-electron chi connectivity index (χ0n) is 4.65. The fraction of sp³-hybridized carbons (Fsp3) is 0.167. The van der Waals surface area contributed by atoms with E-state index in [9.17, 15) is 0 Å². The first-order valence-electron chi connectivity index (χ1n) is 2.49. The topological polar surface area (TPSA) is 21.6 Å². The van der Waals surface area contributed by atoms with Crippen LogP contribution in [0.2, 0.25) is 0 Å². The van der Waals surface area contributed by atoms with E-state index in [4.69, 9.17) is 4.74 Å². The summed E-state index contributed by atoms with van der Waals surface area (Å²) in [6, 6.07) is 0. The van der Waals surface area contributed by atoms with E-state index in [0.29, 0.717) is 0 Å². The second-order valence-electron chi connectivity index (χ2n) is 1.46. The molecular formula is C6H5NOS. The predicted octanol–water partition coefficient (Wildman–Crippen LogP) is 1.52. The molecule has 0 bridgehead atoms. The van der Waals surface area contributed by atoms with Crippen LogP contribution < -0.4 is 0 Å². The van der Waals surface area contributed by atoms with Gasteiger partial charge >= 0.3 is 0 Å². The van der Waals surface area contributed by atoms with Crippen molar-refractivity contribution in [3.63, 3.8) is 0 Å². The summed E-state index contributed by atoms with van der Waals surface area (Å²) in [7, 11) is 0. The van der Waals surface area contributed by atoms with Crippen molar-refractivity contribution < 1.29 is 4.74 Å². The number of rotatable bonds is 1. The molecule has 0 N–H and O–H groups in total. The van der Waals surface area contributed by atoms with Gasteiger partial charge in [0.25, 0.3) is 0 Å². The first-order valence-corrected chi connectivity index (χ1v) is 2.90. The third-order valence-corrected chi connectivity index (χ3v) is 0.969. The summed E-state index contributed by atoms with van der Waals surface area (Å²) in [4.78, 5) is 3.69. The van der Waals surface area contributed by atoms with Gasteiger partial charge in [-0.15, -0.1) is 0 Å². The Morgan fingerprint density at radius 1 is 1.56 bits per heavy atom. The van der Waals surface area contributed by atoms with E-state index < -0.39 is 0 Å². The van der Waals surface area contributed by atoms with Gasteiger partial charge in [0.1, 0.15) is 0 Å². The van der Waals surface area contributed by atoms with Crippen molar-refractivity contribution in [1.82, 2.24) is 0 Å². The Balaban J connectivity index is 2.55. The van der Waals surface area contributed by atoms with E-state index in [1.54, 1.807) is 18.4 Å². The van der Waals surface area contributed by atoms with E-state index in [-0.39, 0.29) is 6.23 Å². The zero-order chi connectivity index (χ0) is 6.53. The van der Waals surface area contributed by atoms with Crippen molar-refractivity contribution in [2.45, 2.75) is 6.23 Å². The summed E-state index contributed by atoms with van der Waals surface area (Å²) < 4.78 is 4.96. The molecule has 0 fully saturated rings. The molecule has 9 heavy (non-hydrogen) atoms. The number of ether oxygens (including phenoxy) is 1. The van der Waals surface area contributed by atoms with Gasteiger partial charge in [-0.05, 0) is 24.4 Å². The Bertz CT molecular complexity index is 191.